The first-order valence-corrected chi connectivity index (χ1v) is 4.34. The lowest BCUT2D eigenvalue weighted by Gasteiger charge is -2.23. The number of benzene rings is 1. The van der Waals surface area contributed by atoms with Crippen LogP contribution < -0.4 is 5.32 Å². The van der Waals surface area contributed by atoms with Gasteiger partial charge in [0.15, 0.2) is 0 Å². The molecule has 1 aliphatic heterocycles. The van der Waals surface area contributed by atoms with Gasteiger partial charge in [-0.15, -0.1) is 0 Å². The molecule has 1 aromatic carbocycles. The maximum absolute atomic E-state index is 5.55. The van der Waals surface area contributed by atoms with Crippen molar-refractivity contribution in [1.82, 2.24) is 5.32 Å². The van der Waals surface area contributed by atoms with Crippen molar-refractivity contribution >= 4 is 0 Å². The Morgan fingerprint density at radius 2 is 2.08 bits per heavy atom. The smallest absolute Gasteiger partial charge is 0.0973 e. The van der Waals surface area contributed by atoms with Gasteiger partial charge in [0.2, 0.25) is 0 Å². The van der Waals surface area contributed by atoms with Crippen molar-refractivity contribution in [3.05, 3.63) is 35.9 Å². The molecule has 64 valence electrons. The molecule has 1 aromatic rings. The summed E-state index contributed by atoms with van der Waals surface area (Å²) >= 11 is 0. The summed E-state index contributed by atoms with van der Waals surface area (Å²) in [5, 5.41) is 3.16. The normalized spacial score (nSPS) is 23.8. The summed E-state index contributed by atoms with van der Waals surface area (Å²) in [6.45, 7) is 1.74. The molecule has 0 saturated carbocycles. The van der Waals surface area contributed by atoms with Crippen molar-refractivity contribution in [2.75, 3.05) is 13.3 Å². The van der Waals surface area contributed by atoms with Gasteiger partial charge in [0, 0.05) is 6.54 Å². The van der Waals surface area contributed by atoms with E-state index >= 15 is 0 Å². The molecule has 0 bridgehead atoms. The largest absolute Gasteiger partial charge is 0.358 e. The third kappa shape index (κ3) is 1.65. The molecule has 1 fully saturated rings. The van der Waals surface area contributed by atoms with Gasteiger partial charge in [0.25, 0.3) is 0 Å². The summed E-state index contributed by atoms with van der Waals surface area (Å²) in [7, 11) is 0. The van der Waals surface area contributed by atoms with Crippen molar-refractivity contribution in [3.8, 4) is 0 Å². The fourth-order valence-corrected chi connectivity index (χ4v) is 1.48. The van der Waals surface area contributed by atoms with Crippen LogP contribution in [0.1, 0.15) is 18.1 Å². The molecule has 1 unspecified atom stereocenters. The third-order valence-corrected chi connectivity index (χ3v) is 2.14. The monoisotopic (exact) mass is 163 g/mol. The standard InChI is InChI=1S/C10H13NO/c1-2-4-9(5-3-1)10-6-7-11-8-12-10/h1-5,10-11H,6-8H2. The third-order valence-electron chi connectivity index (χ3n) is 2.14. The van der Waals surface area contributed by atoms with E-state index in [2.05, 4.69) is 29.6 Å². The van der Waals surface area contributed by atoms with Crippen LogP contribution in [-0.4, -0.2) is 13.3 Å². The van der Waals surface area contributed by atoms with Gasteiger partial charge in [-0.3, -0.25) is 5.32 Å². The number of ether oxygens (including phenoxy) is 1. The predicted molar refractivity (Wildman–Crippen MR) is 47.8 cm³/mol. The number of rotatable bonds is 1. The predicted octanol–water partition coefficient (Wildman–Crippen LogP) is 1.70. The molecule has 1 N–H and O–H groups in total. The number of nitrogens with one attached hydrogen (secondary N) is 1. The SMILES string of the molecule is c1ccc(C2CCNCO2)cc1. The Balaban J connectivity index is 2.08. The van der Waals surface area contributed by atoms with Crippen LogP contribution in [0.2, 0.25) is 0 Å². The van der Waals surface area contributed by atoms with E-state index in [9.17, 15) is 0 Å². The first-order chi connectivity index (χ1) is 5.97. The van der Waals surface area contributed by atoms with E-state index < -0.39 is 0 Å². The van der Waals surface area contributed by atoms with Crippen LogP contribution in [0.25, 0.3) is 0 Å². The van der Waals surface area contributed by atoms with Crippen LogP contribution in [0.4, 0.5) is 0 Å². The second-order valence-corrected chi connectivity index (χ2v) is 3.00. The second kappa shape index (κ2) is 3.70. The molecule has 2 nitrogen and oxygen atoms in total. The second-order valence-electron chi connectivity index (χ2n) is 3.00. The van der Waals surface area contributed by atoms with Crippen molar-refractivity contribution in [1.29, 1.82) is 0 Å². The van der Waals surface area contributed by atoms with Crippen LogP contribution in [0.3, 0.4) is 0 Å². The Bertz CT molecular complexity index is 229. The van der Waals surface area contributed by atoms with Crippen molar-refractivity contribution in [2.45, 2.75) is 12.5 Å². The Morgan fingerprint density at radius 1 is 1.25 bits per heavy atom. The molecule has 1 heterocycles. The van der Waals surface area contributed by atoms with Gasteiger partial charge in [-0.1, -0.05) is 30.3 Å². The highest BCUT2D eigenvalue weighted by atomic mass is 16.5. The van der Waals surface area contributed by atoms with Gasteiger partial charge in [0.1, 0.15) is 0 Å². The highest BCUT2D eigenvalue weighted by Crippen LogP contribution is 2.21. The van der Waals surface area contributed by atoms with Gasteiger partial charge in [-0.05, 0) is 12.0 Å². The minimum Gasteiger partial charge on any atom is -0.358 e. The van der Waals surface area contributed by atoms with E-state index in [-0.39, 0.29) is 0 Å². The van der Waals surface area contributed by atoms with Crippen molar-refractivity contribution in [3.63, 3.8) is 0 Å². The summed E-state index contributed by atoms with van der Waals surface area (Å²) in [6.07, 6.45) is 1.37. The maximum atomic E-state index is 5.55. The van der Waals surface area contributed by atoms with Gasteiger partial charge in [-0.25, -0.2) is 0 Å². The quantitative estimate of drug-likeness (QED) is 0.680. The van der Waals surface area contributed by atoms with Crippen LogP contribution in [0.15, 0.2) is 30.3 Å². The summed E-state index contributed by atoms with van der Waals surface area (Å²) in [4.78, 5) is 0. The fraction of sp³-hybridized carbons (Fsp3) is 0.400. The molecule has 1 atom stereocenters. The molecule has 0 aliphatic carbocycles. The maximum Gasteiger partial charge on any atom is 0.0973 e. The molecular formula is C10H13NO. The molecule has 1 aliphatic rings. The minimum atomic E-state index is 0.299. The molecule has 0 amide bonds. The zero-order valence-corrected chi connectivity index (χ0v) is 6.99. The molecule has 0 spiro atoms. The molecular weight excluding hydrogens is 150 g/mol. The highest BCUT2D eigenvalue weighted by Gasteiger charge is 2.14. The molecule has 0 radical (unpaired) electrons. The Labute approximate surface area is 72.5 Å². The Kier molecular flexibility index (Phi) is 2.39. The van der Waals surface area contributed by atoms with Crippen LogP contribution in [0.5, 0.6) is 0 Å². The minimum absolute atomic E-state index is 0.299. The first-order valence-electron chi connectivity index (χ1n) is 4.34. The fourth-order valence-electron chi connectivity index (χ4n) is 1.48. The van der Waals surface area contributed by atoms with E-state index in [1.54, 1.807) is 0 Å². The zero-order valence-electron chi connectivity index (χ0n) is 6.99. The summed E-state index contributed by atoms with van der Waals surface area (Å²) in [5.74, 6) is 0. The van der Waals surface area contributed by atoms with E-state index in [0.29, 0.717) is 12.8 Å². The molecule has 0 aromatic heterocycles. The average Bonchev–Trinajstić information content (AvgIpc) is 2.21. The topological polar surface area (TPSA) is 21.3 Å². The van der Waals surface area contributed by atoms with Crippen LogP contribution in [-0.2, 0) is 4.74 Å². The molecule has 1 saturated heterocycles. The molecule has 2 rings (SSSR count). The summed E-state index contributed by atoms with van der Waals surface area (Å²) < 4.78 is 5.55. The highest BCUT2D eigenvalue weighted by molar-refractivity contribution is 5.17. The van der Waals surface area contributed by atoms with Crippen molar-refractivity contribution in [2.24, 2.45) is 0 Å². The van der Waals surface area contributed by atoms with Gasteiger partial charge in [0.05, 0.1) is 12.8 Å². The zero-order chi connectivity index (χ0) is 8.23. The molecule has 12 heavy (non-hydrogen) atoms. The average molecular weight is 163 g/mol. The Hall–Kier alpha value is -0.860. The number of hydrogen-bond donors (Lipinski definition) is 1. The molecule has 2 heteroatoms. The van der Waals surface area contributed by atoms with E-state index in [0.717, 1.165) is 13.0 Å². The van der Waals surface area contributed by atoms with Gasteiger partial charge >= 0.3 is 0 Å². The van der Waals surface area contributed by atoms with E-state index in [1.807, 2.05) is 6.07 Å². The van der Waals surface area contributed by atoms with E-state index in [1.165, 1.54) is 5.56 Å². The van der Waals surface area contributed by atoms with Gasteiger partial charge < -0.3 is 4.74 Å². The lowest BCUT2D eigenvalue weighted by molar-refractivity contribution is 0.00609. The van der Waals surface area contributed by atoms with Crippen LogP contribution >= 0.6 is 0 Å². The summed E-state index contributed by atoms with van der Waals surface area (Å²) in [6, 6.07) is 10.4. The van der Waals surface area contributed by atoms with Crippen molar-refractivity contribution < 1.29 is 4.74 Å². The lowest BCUT2D eigenvalue weighted by Crippen LogP contribution is -2.28. The Morgan fingerprint density at radius 3 is 2.75 bits per heavy atom. The first kappa shape index (κ1) is 7.77. The van der Waals surface area contributed by atoms with E-state index in [4.69, 9.17) is 4.74 Å². The lowest BCUT2D eigenvalue weighted by atomic mass is 10.1. The van der Waals surface area contributed by atoms with Gasteiger partial charge in [-0.2, -0.15) is 0 Å². The summed E-state index contributed by atoms with van der Waals surface area (Å²) in [5.41, 5.74) is 1.29. The van der Waals surface area contributed by atoms with Crippen LogP contribution in [0, 0.1) is 0 Å². The number of hydrogen-bond acceptors (Lipinski definition) is 2.